The average Bonchev–Trinajstić information content (AvgIpc) is 2.87. The molecule has 0 aliphatic heterocycles. The van der Waals surface area contributed by atoms with Crippen LogP contribution in [0, 0.1) is 0 Å². The maximum atomic E-state index is 11.4. The van der Waals surface area contributed by atoms with Crippen LogP contribution in [-0.2, 0) is 4.74 Å². The fraction of sp³-hybridized carbons (Fsp3) is 0.333. The Morgan fingerprint density at radius 2 is 2.00 bits per heavy atom. The molecule has 0 unspecified atom stereocenters. The summed E-state index contributed by atoms with van der Waals surface area (Å²) >= 11 is 1.26. The van der Waals surface area contributed by atoms with Gasteiger partial charge in [0.25, 0.3) is 0 Å². The van der Waals surface area contributed by atoms with E-state index in [1.165, 1.54) is 24.6 Å². The molecule has 0 fully saturated rings. The predicted octanol–water partition coefficient (Wildman–Crippen LogP) is 2.51. The summed E-state index contributed by atoms with van der Waals surface area (Å²) in [7, 11) is 1.35. The smallest absolute Gasteiger partial charge is 0.349 e. The zero-order chi connectivity index (χ0) is 13.1. The van der Waals surface area contributed by atoms with E-state index in [9.17, 15) is 4.79 Å². The number of hydrogen-bond acceptors (Lipinski definition) is 6. The van der Waals surface area contributed by atoms with Gasteiger partial charge in [-0.15, -0.1) is 11.3 Å². The number of rotatable bonds is 3. The van der Waals surface area contributed by atoms with Crippen molar-refractivity contribution in [3.8, 4) is 10.7 Å². The first-order chi connectivity index (χ1) is 8.63. The fourth-order valence-electron chi connectivity index (χ4n) is 1.51. The van der Waals surface area contributed by atoms with Crippen molar-refractivity contribution in [2.75, 3.05) is 7.11 Å². The van der Waals surface area contributed by atoms with Crippen molar-refractivity contribution in [1.82, 2.24) is 15.0 Å². The third kappa shape index (κ3) is 2.38. The van der Waals surface area contributed by atoms with E-state index in [1.54, 1.807) is 12.4 Å². The van der Waals surface area contributed by atoms with E-state index in [0.29, 0.717) is 9.88 Å². The Morgan fingerprint density at radius 1 is 1.28 bits per heavy atom. The van der Waals surface area contributed by atoms with Gasteiger partial charge >= 0.3 is 5.97 Å². The zero-order valence-corrected chi connectivity index (χ0v) is 11.2. The van der Waals surface area contributed by atoms with Gasteiger partial charge in [0.15, 0.2) is 0 Å². The van der Waals surface area contributed by atoms with Gasteiger partial charge in [-0.25, -0.2) is 9.78 Å². The minimum atomic E-state index is -0.381. The van der Waals surface area contributed by atoms with Crippen LogP contribution in [-0.4, -0.2) is 28.0 Å². The molecule has 18 heavy (non-hydrogen) atoms. The van der Waals surface area contributed by atoms with Gasteiger partial charge < -0.3 is 4.74 Å². The van der Waals surface area contributed by atoms with Crippen molar-refractivity contribution in [3.63, 3.8) is 0 Å². The van der Waals surface area contributed by atoms with Crippen molar-refractivity contribution < 1.29 is 9.53 Å². The van der Waals surface area contributed by atoms with E-state index in [4.69, 9.17) is 0 Å². The van der Waals surface area contributed by atoms with Crippen LogP contribution in [0.15, 0.2) is 18.6 Å². The van der Waals surface area contributed by atoms with E-state index in [1.807, 2.05) is 13.8 Å². The van der Waals surface area contributed by atoms with Crippen molar-refractivity contribution >= 4 is 17.3 Å². The van der Waals surface area contributed by atoms with Crippen molar-refractivity contribution in [2.45, 2.75) is 19.8 Å². The van der Waals surface area contributed by atoms with Crippen LogP contribution in [0.25, 0.3) is 10.7 Å². The Bertz CT molecular complexity index is 566. The zero-order valence-electron chi connectivity index (χ0n) is 10.4. The fourth-order valence-corrected chi connectivity index (χ4v) is 2.35. The molecule has 0 aliphatic carbocycles. The van der Waals surface area contributed by atoms with E-state index < -0.39 is 0 Å². The lowest BCUT2D eigenvalue weighted by Gasteiger charge is -2.07. The van der Waals surface area contributed by atoms with Gasteiger partial charge in [-0.05, 0) is 5.92 Å². The summed E-state index contributed by atoms with van der Waals surface area (Å²) in [5.74, 6) is -0.132. The third-order valence-corrected chi connectivity index (χ3v) is 3.35. The van der Waals surface area contributed by atoms with Crippen LogP contribution >= 0.6 is 11.3 Å². The second-order valence-electron chi connectivity index (χ2n) is 3.97. The van der Waals surface area contributed by atoms with Crippen LogP contribution in [0.2, 0.25) is 0 Å². The molecule has 5 nitrogen and oxygen atoms in total. The largest absolute Gasteiger partial charge is 0.465 e. The van der Waals surface area contributed by atoms with Gasteiger partial charge in [0.2, 0.25) is 0 Å². The molecule has 0 atom stereocenters. The summed E-state index contributed by atoms with van der Waals surface area (Å²) < 4.78 is 4.66. The highest BCUT2D eigenvalue weighted by Crippen LogP contribution is 2.28. The second-order valence-corrected chi connectivity index (χ2v) is 5.00. The first-order valence-electron chi connectivity index (χ1n) is 5.49. The van der Waals surface area contributed by atoms with Crippen LogP contribution in [0.1, 0.15) is 35.1 Å². The Hall–Kier alpha value is -1.82. The molecule has 2 rings (SSSR count). The Balaban J connectivity index is 2.43. The maximum Gasteiger partial charge on any atom is 0.349 e. The minimum absolute atomic E-state index is 0.249. The van der Waals surface area contributed by atoms with E-state index in [2.05, 4.69) is 19.7 Å². The Morgan fingerprint density at radius 3 is 2.67 bits per heavy atom. The molecule has 2 aromatic rings. The van der Waals surface area contributed by atoms with Crippen molar-refractivity contribution in [2.24, 2.45) is 0 Å². The van der Waals surface area contributed by atoms with Gasteiger partial charge in [0, 0.05) is 12.4 Å². The quantitative estimate of drug-likeness (QED) is 0.796. The van der Waals surface area contributed by atoms with E-state index >= 15 is 0 Å². The van der Waals surface area contributed by atoms with E-state index in [0.717, 1.165) is 11.4 Å². The summed E-state index contributed by atoms with van der Waals surface area (Å²) in [5, 5.41) is 0.687. The third-order valence-electron chi connectivity index (χ3n) is 2.37. The van der Waals surface area contributed by atoms with Gasteiger partial charge in [0.05, 0.1) is 19.0 Å². The number of carbonyl (C=O) groups excluding carboxylic acids is 1. The number of aromatic nitrogens is 3. The lowest BCUT2D eigenvalue weighted by atomic mass is 10.1. The molecule has 0 radical (unpaired) electrons. The highest BCUT2D eigenvalue weighted by molar-refractivity contribution is 7.16. The summed E-state index contributed by atoms with van der Waals surface area (Å²) in [5.41, 5.74) is 1.61. The number of carbonyl (C=O) groups is 1. The Kier molecular flexibility index (Phi) is 3.66. The van der Waals surface area contributed by atoms with Crippen molar-refractivity contribution in [3.05, 3.63) is 29.2 Å². The van der Waals surface area contributed by atoms with Crippen molar-refractivity contribution in [1.29, 1.82) is 0 Å². The molecule has 0 saturated carbocycles. The van der Waals surface area contributed by atoms with Gasteiger partial charge in [-0.2, -0.15) is 0 Å². The summed E-state index contributed by atoms with van der Waals surface area (Å²) in [4.78, 5) is 24.7. The second kappa shape index (κ2) is 5.22. The average molecular weight is 263 g/mol. The maximum absolute atomic E-state index is 11.4. The molecule has 0 bridgehead atoms. The van der Waals surface area contributed by atoms with Crippen LogP contribution in [0.4, 0.5) is 0 Å². The minimum Gasteiger partial charge on any atom is -0.465 e. The molecule has 0 N–H and O–H groups in total. The summed E-state index contributed by atoms with van der Waals surface area (Å²) in [6.07, 6.45) is 4.79. The summed E-state index contributed by atoms with van der Waals surface area (Å²) in [6.45, 7) is 4.09. The first-order valence-corrected chi connectivity index (χ1v) is 6.30. The predicted molar refractivity (Wildman–Crippen MR) is 68.6 cm³/mol. The Labute approximate surface area is 109 Å². The number of methoxy groups -OCH3 is 1. The number of ether oxygens (including phenoxy) is 1. The molecule has 0 saturated heterocycles. The molecule has 2 heterocycles. The number of thiazole rings is 1. The van der Waals surface area contributed by atoms with Gasteiger partial charge in [-0.3, -0.25) is 9.97 Å². The molecule has 6 heteroatoms. The normalized spacial score (nSPS) is 10.7. The van der Waals surface area contributed by atoms with Crippen LogP contribution in [0.5, 0.6) is 0 Å². The molecule has 0 amide bonds. The topological polar surface area (TPSA) is 65.0 Å². The summed E-state index contributed by atoms with van der Waals surface area (Å²) in [6, 6.07) is 0. The number of nitrogens with zero attached hydrogens (tertiary/aromatic N) is 3. The molecule has 2 aromatic heterocycles. The first kappa shape index (κ1) is 12.6. The van der Waals surface area contributed by atoms with Crippen LogP contribution in [0.3, 0.4) is 0 Å². The highest BCUT2D eigenvalue weighted by Gasteiger charge is 2.17. The SMILES string of the molecule is COC(=O)c1cnc(-c2nccnc2C(C)C)s1. The van der Waals surface area contributed by atoms with Gasteiger partial charge in [-0.1, -0.05) is 13.8 Å². The number of esters is 1. The van der Waals surface area contributed by atoms with Crippen LogP contribution < -0.4 is 0 Å². The monoisotopic (exact) mass is 263 g/mol. The number of hydrogen-bond donors (Lipinski definition) is 0. The molecular weight excluding hydrogens is 250 g/mol. The lowest BCUT2D eigenvalue weighted by molar-refractivity contribution is 0.0606. The van der Waals surface area contributed by atoms with Gasteiger partial charge in [0.1, 0.15) is 15.6 Å². The highest BCUT2D eigenvalue weighted by atomic mass is 32.1. The van der Waals surface area contributed by atoms with E-state index in [-0.39, 0.29) is 11.9 Å². The molecular formula is C12H13N3O2S. The molecule has 0 aliphatic rings. The lowest BCUT2D eigenvalue weighted by Crippen LogP contribution is -1.98. The molecule has 0 spiro atoms. The standard InChI is InChI=1S/C12H13N3O2S/c1-7(2)9-10(14-5-4-13-9)11-15-6-8(18-11)12(16)17-3/h4-7H,1-3H3. The molecule has 94 valence electrons. The molecule has 0 aromatic carbocycles.